The number of rotatable bonds is 3. The number of hydrogen-bond acceptors (Lipinski definition) is 2. The Kier molecular flexibility index (Phi) is 5.29. The molecular weight excluding hydrogens is 269 g/mol. The van der Waals surface area contributed by atoms with Crippen LogP contribution in [0.4, 0.5) is 13.2 Å². The highest BCUT2D eigenvalue weighted by atomic mass is 19.4. The van der Waals surface area contributed by atoms with E-state index >= 15 is 0 Å². The molecule has 1 saturated heterocycles. The van der Waals surface area contributed by atoms with Gasteiger partial charge < -0.3 is 10.6 Å². The Morgan fingerprint density at radius 2 is 1.80 bits per heavy atom. The van der Waals surface area contributed by atoms with E-state index in [2.05, 4.69) is 10.6 Å². The first-order chi connectivity index (χ1) is 9.47. The lowest BCUT2D eigenvalue weighted by atomic mass is 9.81. The van der Waals surface area contributed by atoms with Crippen molar-refractivity contribution in [3.63, 3.8) is 0 Å². The van der Waals surface area contributed by atoms with Crippen molar-refractivity contribution in [1.29, 1.82) is 0 Å². The van der Waals surface area contributed by atoms with Crippen molar-refractivity contribution in [3.8, 4) is 0 Å². The summed E-state index contributed by atoms with van der Waals surface area (Å²) in [5, 5.41) is 6.10. The van der Waals surface area contributed by atoms with Crippen LogP contribution in [0.5, 0.6) is 0 Å². The molecule has 0 aromatic carbocycles. The molecule has 0 radical (unpaired) electrons. The van der Waals surface area contributed by atoms with E-state index in [-0.39, 0.29) is 30.7 Å². The molecule has 6 heteroatoms. The third kappa shape index (κ3) is 4.36. The smallest absolute Gasteiger partial charge is 0.355 e. The summed E-state index contributed by atoms with van der Waals surface area (Å²) >= 11 is 0. The number of alkyl halides is 3. The highest BCUT2D eigenvalue weighted by molar-refractivity contribution is 5.81. The number of carbonyl (C=O) groups is 1. The molecule has 2 rings (SSSR count). The average Bonchev–Trinajstić information content (AvgIpc) is 2.61. The van der Waals surface area contributed by atoms with E-state index in [0.29, 0.717) is 19.4 Å². The molecule has 1 heterocycles. The zero-order chi connectivity index (χ0) is 14.6. The largest absolute Gasteiger partial charge is 0.391 e. The van der Waals surface area contributed by atoms with Crippen molar-refractivity contribution in [2.24, 2.45) is 11.8 Å². The van der Waals surface area contributed by atoms with Crippen LogP contribution in [0.25, 0.3) is 0 Å². The molecule has 1 aliphatic heterocycles. The first kappa shape index (κ1) is 15.6. The van der Waals surface area contributed by atoms with Crippen LogP contribution in [0.2, 0.25) is 0 Å². The minimum absolute atomic E-state index is 0.0338. The SMILES string of the molecule is O=C1NCCCCC1NCC1CCC(C(F)(F)F)CC1. The molecule has 0 aromatic rings. The predicted molar refractivity (Wildman–Crippen MR) is 70.2 cm³/mol. The van der Waals surface area contributed by atoms with Crippen molar-refractivity contribution < 1.29 is 18.0 Å². The van der Waals surface area contributed by atoms with Crippen molar-refractivity contribution in [2.45, 2.75) is 57.2 Å². The Hall–Kier alpha value is -0.780. The number of halogens is 3. The molecule has 0 aromatic heterocycles. The topological polar surface area (TPSA) is 41.1 Å². The molecule has 0 bridgehead atoms. The maximum atomic E-state index is 12.6. The zero-order valence-electron chi connectivity index (χ0n) is 11.6. The van der Waals surface area contributed by atoms with Crippen LogP contribution in [0.15, 0.2) is 0 Å². The molecule has 20 heavy (non-hydrogen) atoms. The van der Waals surface area contributed by atoms with E-state index in [1.807, 2.05) is 0 Å². The van der Waals surface area contributed by atoms with E-state index in [4.69, 9.17) is 0 Å². The summed E-state index contributed by atoms with van der Waals surface area (Å²) in [6.45, 7) is 1.39. The fourth-order valence-corrected chi connectivity index (χ4v) is 3.14. The number of nitrogens with one attached hydrogen (secondary N) is 2. The Morgan fingerprint density at radius 1 is 1.10 bits per heavy atom. The molecule has 1 amide bonds. The van der Waals surface area contributed by atoms with Gasteiger partial charge >= 0.3 is 6.18 Å². The molecule has 1 unspecified atom stereocenters. The fourth-order valence-electron chi connectivity index (χ4n) is 3.14. The van der Waals surface area contributed by atoms with Gasteiger partial charge in [-0.05, 0) is 57.4 Å². The summed E-state index contributed by atoms with van der Waals surface area (Å²) in [6, 6.07) is -0.169. The first-order valence-electron chi connectivity index (χ1n) is 7.54. The Morgan fingerprint density at radius 3 is 2.45 bits per heavy atom. The molecular formula is C14H23F3N2O. The second-order valence-corrected chi connectivity index (χ2v) is 6.01. The van der Waals surface area contributed by atoms with Crippen molar-refractivity contribution >= 4 is 5.91 Å². The Bertz CT molecular complexity index is 325. The van der Waals surface area contributed by atoms with Gasteiger partial charge in [0.1, 0.15) is 0 Å². The summed E-state index contributed by atoms with van der Waals surface area (Å²) in [4.78, 5) is 11.7. The van der Waals surface area contributed by atoms with Gasteiger partial charge in [0.05, 0.1) is 12.0 Å². The molecule has 2 aliphatic rings. The van der Waals surface area contributed by atoms with Gasteiger partial charge in [0.25, 0.3) is 0 Å². The first-order valence-corrected chi connectivity index (χ1v) is 7.54. The molecule has 2 fully saturated rings. The highest BCUT2D eigenvalue weighted by Gasteiger charge is 2.41. The third-order valence-electron chi connectivity index (χ3n) is 4.50. The van der Waals surface area contributed by atoms with Crippen molar-refractivity contribution in [2.75, 3.05) is 13.1 Å². The lowest BCUT2D eigenvalue weighted by molar-refractivity contribution is -0.183. The average molecular weight is 292 g/mol. The Labute approximate surface area is 117 Å². The van der Waals surface area contributed by atoms with Crippen LogP contribution in [-0.2, 0) is 4.79 Å². The number of hydrogen-bond donors (Lipinski definition) is 2. The summed E-state index contributed by atoms with van der Waals surface area (Å²) in [6.07, 6.45) is 0.456. The van der Waals surface area contributed by atoms with Gasteiger partial charge in [0.15, 0.2) is 0 Å². The van der Waals surface area contributed by atoms with Gasteiger partial charge in [-0.15, -0.1) is 0 Å². The molecule has 3 nitrogen and oxygen atoms in total. The van der Waals surface area contributed by atoms with Crippen molar-refractivity contribution in [1.82, 2.24) is 10.6 Å². The standard InChI is InChI=1S/C14H23F3N2O/c15-14(16,17)11-6-4-10(5-7-11)9-19-12-3-1-2-8-18-13(12)20/h10-12,19H,1-9H2,(H,18,20). The van der Waals surface area contributed by atoms with E-state index in [0.717, 1.165) is 25.8 Å². The number of amides is 1. The van der Waals surface area contributed by atoms with Crippen LogP contribution in [0.3, 0.4) is 0 Å². The molecule has 0 spiro atoms. The fraction of sp³-hybridized carbons (Fsp3) is 0.929. The highest BCUT2D eigenvalue weighted by Crippen LogP contribution is 2.39. The second kappa shape index (κ2) is 6.78. The molecule has 1 aliphatic carbocycles. The predicted octanol–water partition coefficient (Wildman–Crippen LogP) is 2.61. The summed E-state index contributed by atoms with van der Waals surface area (Å²) in [5.41, 5.74) is 0. The maximum Gasteiger partial charge on any atom is 0.391 e. The van der Waals surface area contributed by atoms with Crippen LogP contribution >= 0.6 is 0 Å². The molecule has 1 atom stereocenters. The maximum absolute atomic E-state index is 12.6. The van der Waals surface area contributed by atoms with Crippen LogP contribution < -0.4 is 10.6 Å². The van der Waals surface area contributed by atoms with Gasteiger partial charge in [-0.3, -0.25) is 4.79 Å². The molecule has 2 N–H and O–H groups in total. The zero-order valence-corrected chi connectivity index (χ0v) is 11.6. The minimum Gasteiger partial charge on any atom is -0.355 e. The van der Waals surface area contributed by atoms with Gasteiger partial charge in [-0.2, -0.15) is 13.2 Å². The quantitative estimate of drug-likeness (QED) is 0.839. The molecule has 1 saturated carbocycles. The van der Waals surface area contributed by atoms with Crippen LogP contribution in [-0.4, -0.2) is 31.2 Å². The van der Waals surface area contributed by atoms with Gasteiger partial charge in [-0.1, -0.05) is 0 Å². The summed E-state index contributed by atoms with van der Waals surface area (Å²) in [7, 11) is 0. The van der Waals surface area contributed by atoms with Gasteiger partial charge in [0.2, 0.25) is 5.91 Å². The van der Waals surface area contributed by atoms with Gasteiger partial charge in [-0.25, -0.2) is 0 Å². The van der Waals surface area contributed by atoms with Gasteiger partial charge in [0, 0.05) is 6.54 Å². The lowest BCUT2D eigenvalue weighted by Crippen LogP contribution is -2.45. The third-order valence-corrected chi connectivity index (χ3v) is 4.50. The summed E-state index contributed by atoms with van der Waals surface area (Å²) < 4.78 is 37.7. The molecule has 116 valence electrons. The monoisotopic (exact) mass is 292 g/mol. The minimum atomic E-state index is -4.04. The van der Waals surface area contributed by atoms with Crippen LogP contribution in [0, 0.1) is 11.8 Å². The van der Waals surface area contributed by atoms with E-state index in [9.17, 15) is 18.0 Å². The normalized spacial score (nSPS) is 32.5. The van der Waals surface area contributed by atoms with Crippen LogP contribution in [0.1, 0.15) is 44.9 Å². The van der Waals surface area contributed by atoms with E-state index in [1.54, 1.807) is 0 Å². The lowest BCUT2D eigenvalue weighted by Gasteiger charge is -2.30. The second-order valence-electron chi connectivity index (χ2n) is 6.01. The van der Waals surface area contributed by atoms with Crippen molar-refractivity contribution in [3.05, 3.63) is 0 Å². The Balaban J connectivity index is 1.71. The van der Waals surface area contributed by atoms with E-state index < -0.39 is 12.1 Å². The summed E-state index contributed by atoms with van der Waals surface area (Å²) in [5.74, 6) is -0.823. The number of carbonyl (C=O) groups excluding carboxylic acids is 1. The van der Waals surface area contributed by atoms with E-state index in [1.165, 1.54) is 0 Å².